The first-order valence-electron chi connectivity index (χ1n) is 5.00. The summed E-state index contributed by atoms with van der Waals surface area (Å²) in [5.41, 5.74) is 0. The summed E-state index contributed by atoms with van der Waals surface area (Å²) >= 11 is 0. The van der Waals surface area contributed by atoms with Gasteiger partial charge in [0.1, 0.15) is 11.9 Å². The van der Waals surface area contributed by atoms with Crippen molar-refractivity contribution >= 4 is 0 Å². The molecule has 0 saturated heterocycles. The van der Waals surface area contributed by atoms with Crippen molar-refractivity contribution in [1.82, 2.24) is 0 Å². The van der Waals surface area contributed by atoms with Crippen molar-refractivity contribution in [2.24, 2.45) is 5.92 Å². The Hall–Kier alpha value is -0.790. The van der Waals surface area contributed by atoms with Gasteiger partial charge < -0.3 is 4.74 Å². The molecule has 2 unspecified atom stereocenters. The fourth-order valence-electron chi connectivity index (χ4n) is 1.49. The molecule has 1 nitrogen and oxygen atoms in total. The zero-order valence-electron chi connectivity index (χ0n) is 7.87. The lowest BCUT2D eigenvalue weighted by Crippen LogP contribution is -2.14. The lowest BCUT2D eigenvalue weighted by molar-refractivity contribution is 0.197. The smallest absolute Gasteiger partial charge is 0.125 e. The average molecular weight is 182 g/mol. The highest BCUT2D eigenvalue weighted by Gasteiger charge is 2.26. The molecule has 0 N–H and O–H groups in total. The van der Waals surface area contributed by atoms with Gasteiger partial charge in [0.2, 0.25) is 0 Å². The van der Waals surface area contributed by atoms with Crippen LogP contribution in [-0.4, -0.2) is 12.3 Å². The molecule has 2 aliphatic rings. The van der Waals surface area contributed by atoms with Gasteiger partial charge in [-0.1, -0.05) is 6.92 Å². The maximum Gasteiger partial charge on any atom is 0.125 e. The van der Waals surface area contributed by atoms with E-state index in [0.717, 1.165) is 25.0 Å². The van der Waals surface area contributed by atoms with Crippen LogP contribution in [0.4, 0.5) is 4.39 Å². The number of hydrogen-bond acceptors (Lipinski definition) is 1. The van der Waals surface area contributed by atoms with Gasteiger partial charge in [0.05, 0.1) is 6.10 Å². The molecule has 0 aliphatic heterocycles. The Morgan fingerprint density at radius 3 is 2.92 bits per heavy atom. The summed E-state index contributed by atoms with van der Waals surface area (Å²) in [7, 11) is 0. The Balaban J connectivity index is 1.98. The third-order valence-corrected chi connectivity index (χ3v) is 2.53. The van der Waals surface area contributed by atoms with Crippen LogP contribution in [0.25, 0.3) is 0 Å². The molecule has 0 bridgehead atoms. The minimum absolute atomic E-state index is 0.0127. The van der Waals surface area contributed by atoms with Crippen LogP contribution >= 0.6 is 0 Å². The predicted octanol–water partition coefficient (Wildman–Crippen LogP) is 2.98. The molecule has 72 valence electrons. The van der Waals surface area contributed by atoms with E-state index >= 15 is 0 Å². The van der Waals surface area contributed by atoms with Crippen molar-refractivity contribution in [3.05, 3.63) is 24.0 Å². The summed E-state index contributed by atoms with van der Waals surface area (Å²) in [6.07, 6.45) is 8.01. The number of halogens is 1. The summed E-state index contributed by atoms with van der Waals surface area (Å²) in [6, 6.07) is 0. The van der Waals surface area contributed by atoms with Crippen LogP contribution in [-0.2, 0) is 4.74 Å². The normalized spacial score (nSPS) is 32.9. The molecule has 13 heavy (non-hydrogen) atoms. The topological polar surface area (TPSA) is 9.23 Å². The molecule has 0 aromatic carbocycles. The zero-order valence-corrected chi connectivity index (χ0v) is 7.87. The maximum absolute atomic E-state index is 13.2. The summed E-state index contributed by atoms with van der Waals surface area (Å²) in [6.45, 7) is 2.00. The fraction of sp³-hybridized carbons (Fsp3) is 0.636. The second kappa shape index (κ2) is 3.52. The second-order valence-electron chi connectivity index (χ2n) is 3.76. The van der Waals surface area contributed by atoms with E-state index in [9.17, 15) is 4.39 Å². The van der Waals surface area contributed by atoms with Crippen molar-refractivity contribution < 1.29 is 9.13 Å². The average Bonchev–Trinajstić information content (AvgIpc) is 2.92. The van der Waals surface area contributed by atoms with E-state index in [1.54, 1.807) is 12.2 Å². The number of rotatable bonds is 3. The van der Waals surface area contributed by atoms with Gasteiger partial charge in [-0.2, -0.15) is 0 Å². The highest BCUT2D eigenvalue weighted by molar-refractivity contribution is 5.22. The van der Waals surface area contributed by atoms with Crippen LogP contribution in [0.1, 0.15) is 26.2 Å². The first-order chi connectivity index (χ1) is 6.29. The van der Waals surface area contributed by atoms with Gasteiger partial charge in [0.25, 0.3) is 0 Å². The van der Waals surface area contributed by atoms with Gasteiger partial charge in [-0.15, -0.1) is 0 Å². The summed E-state index contributed by atoms with van der Waals surface area (Å²) in [5, 5.41) is 0. The van der Waals surface area contributed by atoms with Crippen LogP contribution in [0, 0.1) is 5.92 Å². The Morgan fingerprint density at radius 1 is 1.54 bits per heavy atom. The van der Waals surface area contributed by atoms with Crippen LogP contribution in [0.3, 0.4) is 0 Å². The Kier molecular flexibility index (Phi) is 2.38. The van der Waals surface area contributed by atoms with E-state index in [2.05, 4.69) is 0 Å². The van der Waals surface area contributed by atoms with Crippen molar-refractivity contribution in [2.45, 2.75) is 38.5 Å². The molecule has 2 atom stereocenters. The number of ether oxygens (including phenoxy) is 1. The van der Waals surface area contributed by atoms with E-state index in [0.29, 0.717) is 6.10 Å². The Labute approximate surface area is 78.3 Å². The van der Waals surface area contributed by atoms with E-state index in [4.69, 9.17) is 4.74 Å². The fourth-order valence-corrected chi connectivity index (χ4v) is 1.49. The van der Waals surface area contributed by atoms with Gasteiger partial charge in [0, 0.05) is 5.92 Å². The van der Waals surface area contributed by atoms with E-state index in [1.165, 1.54) is 0 Å². The standard InChI is InChI=1S/C11H15FO/c1-2-8-7-10(5-6-11(8)12)13-9-3-4-9/h5-9,11H,2-4H2,1H3. The minimum Gasteiger partial charge on any atom is -0.491 e. The third kappa shape index (κ3) is 2.11. The number of hydrogen-bond donors (Lipinski definition) is 0. The van der Waals surface area contributed by atoms with Gasteiger partial charge >= 0.3 is 0 Å². The van der Waals surface area contributed by atoms with Crippen LogP contribution < -0.4 is 0 Å². The van der Waals surface area contributed by atoms with Gasteiger partial charge in [-0.25, -0.2) is 4.39 Å². The molecular weight excluding hydrogens is 167 g/mol. The van der Waals surface area contributed by atoms with Crippen molar-refractivity contribution in [3.8, 4) is 0 Å². The van der Waals surface area contributed by atoms with Gasteiger partial charge in [-0.3, -0.25) is 0 Å². The Bertz CT molecular complexity index is 240. The minimum atomic E-state index is -0.823. The van der Waals surface area contributed by atoms with E-state index in [1.807, 2.05) is 13.0 Å². The molecule has 1 saturated carbocycles. The lowest BCUT2D eigenvalue weighted by Gasteiger charge is -2.18. The second-order valence-corrected chi connectivity index (χ2v) is 3.76. The molecule has 0 aromatic rings. The SMILES string of the molecule is CCC1C=C(OC2CC2)C=CC1F. The molecule has 0 aromatic heterocycles. The summed E-state index contributed by atoms with van der Waals surface area (Å²) in [4.78, 5) is 0. The molecule has 0 amide bonds. The number of allylic oxidation sites excluding steroid dienone is 3. The van der Waals surface area contributed by atoms with Crippen molar-refractivity contribution in [3.63, 3.8) is 0 Å². The van der Waals surface area contributed by atoms with E-state index < -0.39 is 6.17 Å². The molecule has 1 fully saturated rings. The molecule has 0 spiro atoms. The van der Waals surface area contributed by atoms with Crippen LogP contribution in [0.5, 0.6) is 0 Å². The highest BCUT2D eigenvalue weighted by atomic mass is 19.1. The first kappa shape index (κ1) is 8.79. The lowest BCUT2D eigenvalue weighted by atomic mass is 9.95. The first-order valence-corrected chi connectivity index (χ1v) is 5.00. The molecule has 2 rings (SSSR count). The monoisotopic (exact) mass is 182 g/mol. The van der Waals surface area contributed by atoms with Gasteiger partial charge in [0.15, 0.2) is 0 Å². The Morgan fingerprint density at radius 2 is 2.31 bits per heavy atom. The molecular formula is C11H15FO. The third-order valence-electron chi connectivity index (χ3n) is 2.53. The van der Waals surface area contributed by atoms with Crippen molar-refractivity contribution in [1.29, 1.82) is 0 Å². The largest absolute Gasteiger partial charge is 0.491 e. The quantitative estimate of drug-likeness (QED) is 0.652. The van der Waals surface area contributed by atoms with Crippen LogP contribution in [0.15, 0.2) is 24.0 Å². The molecule has 0 radical (unpaired) electrons. The van der Waals surface area contributed by atoms with Crippen molar-refractivity contribution in [2.75, 3.05) is 0 Å². The molecule has 2 aliphatic carbocycles. The highest BCUT2D eigenvalue weighted by Crippen LogP contribution is 2.30. The summed E-state index contributed by atoms with van der Waals surface area (Å²) < 4.78 is 18.8. The summed E-state index contributed by atoms with van der Waals surface area (Å²) in [5.74, 6) is 0.877. The van der Waals surface area contributed by atoms with E-state index in [-0.39, 0.29) is 5.92 Å². The van der Waals surface area contributed by atoms with Crippen LogP contribution in [0.2, 0.25) is 0 Å². The molecule has 0 heterocycles. The molecule has 2 heteroatoms. The zero-order chi connectivity index (χ0) is 9.26. The predicted molar refractivity (Wildman–Crippen MR) is 50.0 cm³/mol. The maximum atomic E-state index is 13.2. The van der Waals surface area contributed by atoms with Gasteiger partial charge in [-0.05, 0) is 37.5 Å². The number of alkyl halides is 1.